The number of benzene rings is 1. The molecule has 0 bridgehead atoms. The summed E-state index contributed by atoms with van der Waals surface area (Å²) in [4.78, 5) is 12.3. The van der Waals surface area contributed by atoms with Crippen LogP contribution in [0.2, 0.25) is 15.1 Å². The van der Waals surface area contributed by atoms with Gasteiger partial charge in [-0.1, -0.05) is 34.8 Å². The van der Waals surface area contributed by atoms with Crippen LogP contribution in [0.3, 0.4) is 0 Å². The smallest absolute Gasteiger partial charge is 0.272 e. The second-order valence-electron chi connectivity index (χ2n) is 5.53. The van der Waals surface area contributed by atoms with Crippen molar-refractivity contribution in [2.24, 2.45) is 0 Å². The number of halogens is 3. The first-order valence-electron chi connectivity index (χ1n) is 8.07. The lowest BCUT2D eigenvalue weighted by Gasteiger charge is -2.08. The number of rotatable bonds is 7. The van der Waals surface area contributed by atoms with Gasteiger partial charge in [-0.05, 0) is 31.2 Å². The summed E-state index contributed by atoms with van der Waals surface area (Å²) in [6, 6.07) is 6.53. The third-order valence-corrected chi connectivity index (χ3v) is 4.58. The van der Waals surface area contributed by atoms with E-state index in [-0.39, 0.29) is 24.9 Å². The second kappa shape index (κ2) is 8.65. The molecule has 0 atom stereocenters. The van der Waals surface area contributed by atoms with Gasteiger partial charge in [0.05, 0.1) is 28.5 Å². The standard InChI is InChI=1S/C17H16Cl3N5O2/c1-2-25-15(13(20)8-22-25)9-21-17(26)14-5-6-24(23-14)10-27-16-4-3-11(18)7-12(16)19/h3-8H,2,9-10H2,1H3,(H,21,26). The summed E-state index contributed by atoms with van der Waals surface area (Å²) in [5.41, 5.74) is 1.01. The predicted molar refractivity (Wildman–Crippen MR) is 103 cm³/mol. The zero-order valence-electron chi connectivity index (χ0n) is 14.3. The largest absolute Gasteiger partial charge is 0.470 e. The number of ether oxygens (including phenoxy) is 1. The molecule has 3 rings (SSSR count). The van der Waals surface area contributed by atoms with E-state index < -0.39 is 0 Å². The Labute approximate surface area is 170 Å². The van der Waals surface area contributed by atoms with E-state index in [2.05, 4.69) is 15.5 Å². The van der Waals surface area contributed by atoms with Crippen LogP contribution in [0.1, 0.15) is 23.1 Å². The number of carbonyl (C=O) groups is 1. The summed E-state index contributed by atoms with van der Waals surface area (Å²) < 4.78 is 8.80. The number of carbonyl (C=O) groups excluding carboxylic acids is 1. The Hall–Kier alpha value is -2.22. The number of hydrogen-bond acceptors (Lipinski definition) is 4. The Morgan fingerprint density at radius 1 is 1.22 bits per heavy atom. The minimum atomic E-state index is -0.321. The first-order chi connectivity index (χ1) is 13.0. The molecule has 142 valence electrons. The number of aryl methyl sites for hydroxylation is 1. The molecule has 3 aromatic rings. The Kier molecular flexibility index (Phi) is 6.26. The van der Waals surface area contributed by atoms with Crippen LogP contribution in [0.25, 0.3) is 0 Å². The van der Waals surface area contributed by atoms with E-state index in [0.29, 0.717) is 27.4 Å². The van der Waals surface area contributed by atoms with Gasteiger partial charge in [0.2, 0.25) is 0 Å². The van der Waals surface area contributed by atoms with Crippen molar-refractivity contribution in [3.63, 3.8) is 0 Å². The van der Waals surface area contributed by atoms with Crippen LogP contribution in [0.15, 0.2) is 36.7 Å². The molecule has 0 saturated heterocycles. The van der Waals surface area contributed by atoms with E-state index in [1.165, 1.54) is 4.68 Å². The lowest BCUT2D eigenvalue weighted by molar-refractivity contribution is 0.0943. The molecule has 1 aromatic carbocycles. The van der Waals surface area contributed by atoms with Gasteiger partial charge in [-0.3, -0.25) is 9.48 Å². The third kappa shape index (κ3) is 4.74. The molecule has 0 spiro atoms. The van der Waals surface area contributed by atoms with Crippen molar-refractivity contribution in [2.75, 3.05) is 0 Å². The Morgan fingerprint density at radius 3 is 2.78 bits per heavy atom. The van der Waals surface area contributed by atoms with Gasteiger partial charge in [0.25, 0.3) is 5.91 Å². The van der Waals surface area contributed by atoms with Gasteiger partial charge < -0.3 is 10.1 Å². The van der Waals surface area contributed by atoms with Crippen LogP contribution >= 0.6 is 34.8 Å². The minimum absolute atomic E-state index is 0.100. The molecule has 2 aromatic heterocycles. The summed E-state index contributed by atoms with van der Waals surface area (Å²) in [5.74, 6) is 0.156. The fraction of sp³-hybridized carbons (Fsp3) is 0.235. The van der Waals surface area contributed by atoms with Crippen molar-refractivity contribution < 1.29 is 9.53 Å². The number of aromatic nitrogens is 4. The van der Waals surface area contributed by atoms with E-state index in [1.807, 2.05) is 6.92 Å². The number of nitrogens with one attached hydrogen (secondary N) is 1. The molecule has 0 unspecified atom stereocenters. The summed E-state index contributed by atoms with van der Waals surface area (Å²) in [6.45, 7) is 2.97. The number of hydrogen-bond donors (Lipinski definition) is 1. The van der Waals surface area contributed by atoms with Crippen molar-refractivity contribution in [3.05, 3.63) is 63.1 Å². The van der Waals surface area contributed by atoms with Crippen LogP contribution in [0, 0.1) is 0 Å². The van der Waals surface area contributed by atoms with Crippen molar-refractivity contribution in [1.29, 1.82) is 0 Å². The van der Waals surface area contributed by atoms with E-state index in [1.54, 1.807) is 41.3 Å². The van der Waals surface area contributed by atoms with Crippen molar-refractivity contribution in [2.45, 2.75) is 26.7 Å². The third-order valence-electron chi connectivity index (χ3n) is 3.73. The SMILES string of the molecule is CCn1ncc(Cl)c1CNC(=O)c1ccn(COc2ccc(Cl)cc2Cl)n1. The van der Waals surface area contributed by atoms with Gasteiger partial charge in [-0.25, -0.2) is 4.68 Å². The molecular formula is C17H16Cl3N5O2. The van der Waals surface area contributed by atoms with Crippen LogP contribution in [-0.2, 0) is 19.8 Å². The maximum Gasteiger partial charge on any atom is 0.272 e. The first-order valence-corrected chi connectivity index (χ1v) is 9.21. The quantitative estimate of drug-likeness (QED) is 0.617. The highest BCUT2D eigenvalue weighted by atomic mass is 35.5. The van der Waals surface area contributed by atoms with Crippen LogP contribution in [0.4, 0.5) is 0 Å². The van der Waals surface area contributed by atoms with Gasteiger partial charge in [-0.2, -0.15) is 10.2 Å². The zero-order chi connectivity index (χ0) is 19.4. The lowest BCUT2D eigenvalue weighted by atomic mass is 10.3. The highest BCUT2D eigenvalue weighted by Crippen LogP contribution is 2.27. The molecule has 1 amide bonds. The molecule has 27 heavy (non-hydrogen) atoms. The van der Waals surface area contributed by atoms with Crippen LogP contribution in [-0.4, -0.2) is 25.5 Å². The van der Waals surface area contributed by atoms with E-state index in [9.17, 15) is 4.79 Å². The minimum Gasteiger partial charge on any atom is -0.470 e. The fourth-order valence-corrected chi connectivity index (χ4v) is 3.04. The summed E-state index contributed by atoms with van der Waals surface area (Å²) in [5, 5.41) is 12.5. The molecule has 0 saturated carbocycles. The van der Waals surface area contributed by atoms with Crippen molar-refractivity contribution in [3.8, 4) is 5.75 Å². The molecule has 2 heterocycles. The van der Waals surface area contributed by atoms with Gasteiger partial charge in [-0.15, -0.1) is 0 Å². The van der Waals surface area contributed by atoms with Gasteiger partial charge in [0.15, 0.2) is 6.73 Å². The highest BCUT2D eigenvalue weighted by molar-refractivity contribution is 6.35. The van der Waals surface area contributed by atoms with Crippen LogP contribution < -0.4 is 10.1 Å². The fourth-order valence-electron chi connectivity index (χ4n) is 2.37. The monoisotopic (exact) mass is 427 g/mol. The number of amides is 1. The number of nitrogens with zero attached hydrogens (tertiary/aromatic N) is 4. The Morgan fingerprint density at radius 2 is 2.04 bits per heavy atom. The van der Waals surface area contributed by atoms with Crippen LogP contribution in [0.5, 0.6) is 5.75 Å². The molecule has 1 N–H and O–H groups in total. The molecular weight excluding hydrogens is 413 g/mol. The molecule has 0 fully saturated rings. The molecule has 0 aliphatic carbocycles. The normalized spacial score (nSPS) is 10.8. The average Bonchev–Trinajstić information content (AvgIpc) is 3.25. The lowest BCUT2D eigenvalue weighted by Crippen LogP contribution is -2.25. The van der Waals surface area contributed by atoms with Gasteiger partial charge >= 0.3 is 0 Å². The van der Waals surface area contributed by atoms with Gasteiger partial charge in [0, 0.05) is 17.8 Å². The van der Waals surface area contributed by atoms with Crippen molar-refractivity contribution >= 4 is 40.7 Å². The summed E-state index contributed by atoms with van der Waals surface area (Å²) in [7, 11) is 0. The van der Waals surface area contributed by atoms with E-state index in [4.69, 9.17) is 39.5 Å². The Balaban J connectivity index is 1.58. The molecule has 7 nitrogen and oxygen atoms in total. The molecule has 10 heteroatoms. The highest BCUT2D eigenvalue weighted by Gasteiger charge is 2.13. The summed E-state index contributed by atoms with van der Waals surface area (Å²) in [6.07, 6.45) is 3.20. The second-order valence-corrected chi connectivity index (χ2v) is 6.78. The predicted octanol–water partition coefficient (Wildman–Crippen LogP) is 4.03. The van der Waals surface area contributed by atoms with Gasteiger partial charge in [0.1, 0.15) is 11.4 Å². The van der Waals surface area contributed by atoms with Crippen molar-refractivity contribution in [1.82, 2.24) is 24.9 Å². The van der Waals surface area contributed by atoms with E-state index >= 15 is 0 Å². The molecule has 0 aliphatic heterocycles. The average molecular weight is 429 g/mol. The summed E-state index contributed by atoms with van der Waals surface area (Å²) >= 11 is 18.0. The first kappa shape index (κ1) is 19.5. The Bertz CT molecular complexity index is 954. The maximum absolute atomic E-state index is 12.3. The zero-order valence-corrected chi connectivity index (χ0v) is 16.6. The molecule has 0 radical (unpaired) electrons. The van der Waals surface area contributed by atoms with E-state index in [0.717, 1.165) is 5.69 Å². The topological polar surface area (TPSA) is 74.0 Å². The maximum atomic E-state index is 12.3. The molecule has 0 aliphatic rings.